The molecule has 2 heterocycles. The van der Waals surface area contributed by atoms with Crippen LogP contribution in [0.4, 0.5) is 0 Å². The van der Waals surface area contributed by atoms with Gasteiger partial charge in [-0.25, -0.2) is 0 Å². The van der Waals surface area contributed by atoms with E-state index < -0.39 is 6.04 Å². The van der Waals surface area contributed by atoms with Crippen LogP contribution in [0.1, 0.15) is 40.5 Å². The Morgan fingerprint density at radius 3 is 2.60 bits per heavy atom. The SMILES string of the molecule is COc1ccc(CNC(=O)C(c2ccccc2C)N(CC2CCCO2)C(=O)Cc2cccs2)cc1. The van der Waals surface area contributed by atoms with Crippen molar-refractivity contribution in [3.8, 4) is 5.75 Å². The Hall–Kier alpha value is -3.16. The van der Waals surface area contributed by atoms with Gasteiger partial charge in [-0.15, -0.1) is 11.3 Å². The summed E-state index contributed by atoms with van der Waals surface area (Å²) >= 11 is 1.55. The molecular weight excluding hydrogens is 460 g/mol. The molecule has 1 fully saturated rings. The first-order chi connectivity index (χ1) is 17.0. The van der Waals surface area contributed by atoms with Gasteiger partial charge >= 0.3 is 0 Å². The lowest BCUT2D eigenvalue weighted by atomic mass is 9.97. The van der Waals surface area contributed by atoms with E-state index in [4.69, 9.17) is 9.47 Å². The highest BCUT2D eigenvalue weighted by Crippen LogP contribution is 2.28. The molecule has 1 aromatic heterocycles. The van der Waals surface area contributed by atoms with Crippen LogP contribution in [-0.2, 0) is 27.3 Å². The third-order valence-corrected chi connectivity index (χ3v) is 7.20. The Morgan fingerprint density at radius 1 is 1.14 bits per heavy atom. The van der Waals surface area contributed by atoms with Crippen molar-refractivity contribution in [2.45, 2.75) is 44.9 Å². The molecule has 1 aliphatic heterocycles. The van der Waals surface area contributed by atoms with Gasteiger partial charge in [0.05, 0.1) is 19.6 Å². The number of carbonyl (C=O) groups is 2. The summed E-state index contributed by atoms with van der Waals surface area (Å²) in [7, 11) is 1.62. The van der Waals surface area contributed by atoms with Gasteiger partial charge < -0.3 is 19.7 Å². The molecular formula is C28H32N2O4S. The van der Waals surface area contributed by atoms with Crippen LogP contribution in [0.3, 0.4) is 0 Å². The topological polar surface area (TPSA) is 67.9 Å². The van der Waals surface area contributed by atoms with Crippen molar-refractivity contribution in [3.63, 3.8) is 0 Å². The maximum absolute atomic E-state index is 13.7. The molecule has 2 atom stereocenters. The van der Waals surface area contributed by atoms with Gasteiger partial charge in [0.1, 0.15) is 11.8 Å². The first kappa shape index (κ1) is 24.9. The Balaban J connectivity index is 1.62. The zero-order valence-electron chi connectivity index (χ0n) is 20.2. The van der Waals surface area contributed by atoms with Crippen LogP contribution in [0.15, 0.2) is 66.0 Å². The van der Waals surface area contributed by atoms with Crippen molar-refractivity contribution in [1.82, 2.24) is 10.2 Å². The monoisotopic (exact) mass is 492 g/mol. The number of nitrogens with one attached hydrogen (secondary N) is 1. The van der Waals surface area contributed by atoms with Crippen molar-refractivity contribution >= 4 is 23.2 Å². The molecule has 4 rings (SSSR count). The van der Waals surface area contributed by atoms with Gasteiger partial charge in [-0.2, -0.15) is 0 Å². The van der Waals surface area contributed by atoms with Gasteiger partial charge in [-0.05, 0) is 60.0 Å². The van der Waals surface area contributed by atoms with Gasteiger partial charge in [0.15, 0.2) is 0 Å². The number of hydrogen-bond acceptors (Lipinski definition) is 5. The van der Waals surface area contributed by atoms with Crippen molar-refractivity contribution in [2.75, 3.05) is 20.3 Å². The fraction of sp³-hybridized carbons (Fsp3) is 0.357. The lowest BCUT2D eigenvalue weighted by Gasteiger charge is -2.34. The van der Waals surface area contributed by atoms with Crippen LogP contribution in [0, 0.1) is 6.92 Å². The molecule has 2 unspecified atom stereocenters. The summed E-state index contributed by atoms with van der Waals surface area (Å²) in [5.41, 5.74) is 2.76. The summed E-state index contributed by atoms with van der Waals surface area (Å²) in [6.07, 6.45) is 2.05. The van der Waals surface area contributed by atoms with Gasteiger partial charge in [-0.3, -0.25) is 9.59 Å². The second-order valence-corrected chi connectivity index (χ2v) is 9.79. The third-order valence-electron chi connectivity index (χ3n) is 6.32. The largest absolute Gasteiger partial charge is 0.497 e. The second-order valence-electron chi connectivity index (χ2n) is 8.76. The summed E-state index contributed by atoms with van der Waals surface area (Å²) in [5, 5.41) is 5.04. The molecule has 35 heavy (non-hydrogen) atoms. The normalized spacial score (nSPS) is 16.0. The highest BCUT2D eigenvalue weighted by Gasteiger charge is 2.34. The molecule has 184 valence electrons. The average Bonchev–Trinajstić information content (AvgIpc) is 3.58. The number of rotatable bonds is 10. The maximum Gasteiger partial charge on any atom is 0.247 e. The fourth-order valence-corrected chi connectivity index (χ4v) is 5.09. The molecule has 0 radical (unpaired) electrons. The molecule has 1 saturated heterocycles. The smallest absolute Gasteiger partial charge is 0.247 e. The van der Waals surface area contributed by atoms with Gasteiger partial charge in [0.25, 0.3) is 0 Å². The highest BCUT2D eigenvalue weighted by molar-refractivity contribution is 7.10. The van der Waals surface area contributed by atoms with Gasteiger partial charge in [-0.1, -0.05) is 42.5 Å². The van der Waals surface area contributed by atoms with Gasteiger partial charge in [0.2, 0.25) is 11.8 Å². The van der Waals surface area contributed by atoms with Crippen LogP contribution in [-0.4, -0.2) is 43.1 Å². The van der Waals surface area contributed by atoms with E-state index in [9.17, 15) is 9.59 Å². The number of nitrogens with zero attached hydrogens (tertiary/aromatic N) is 1. The van der Waals surface area contributed by atoms with E-state index in [-0.39, 0.29) is 24.3 Å². The number of ether oxygens (including phenoxy) is 2. The number of carbonyl (C=O) groups excluding carboxylic acids is 2. The second kappa shape index (κ2) is 12.0. The first-order valence-corrected chi connectivity index (χ1v) is 12.8. The number of thiophene rings is 1. The number of hydrogen-bond donors (Lipinski definition) is 1. The lowest BCUT2D eigenvalue weighted by Crippen LogP contribution is -2.47. The van der Waals surface area contributed by atoms with Crippen LogP contribution < -0.4 is 10.1 Å². The predicted octanol–water partition coefficient (Wildman–Crippen LogP) is 4.67. The van der Waals surface area contributed by atoms with Crippen LogP contribution in [0.25, 0.3) is 0 Å². The number of amides is 2. The number of methoxy groups -OCH3 is 1. The average molecular weight is 493 g/mol. The van der Waals surface area contributed by atoms with Crippen molar-refractivity contribution in [3.05, 3.63) is 87.6 Å². The molecule has 1 N–H and O–H groups in total. The van der Waals surface area contributed by atoms with E-state index in [1.54, 1.807) is 23.3 Å². The van der Waals surface area contributed by atoms with E-state index in [0.717, 1.165) is 40.2 Å². The van der Waals surface area contributed by atoms with Crippen LogP contribution >= 0.6 is 11.3 Å². The minimum absolute atomic E-state index is 0.0665. The van der Waals surface area contributed by atoms with E-state index >= 15 is 0 Å². The van der Waals surface area contributed by atoms with Crippen LogP contribution in [0.2, 0.25) is 0 Å². The quantitative estimate of drug-likeness (QED) is 0.447. The lowest BCUT2D eigenvalue weighted by molar-refractivity contribution is -0.142. The maximum atomic E-state index is 13.7. The van der Waals surface area contributed by atoms with E-state index in [0.29, 0.717) is 19.7 Å². The van der Waals surface area contributed by atoms with E-state index in [2.05, 4.69) is 5.32 Å². The zero-order chi connectivity index (χ0) is 24.6. The van der Waals surface area contributed by atoms with Crippen LogP contribution in [0.5, 0.6) is 5.75 Å². The zero-order valence-corrected chi connectivity index (χ0v) is 21.1. The summed E-state index contributed by atoms with van der Waals surface area (Å²) in [4.78, 5) is 30.1. The van der Waals surface area contributed by atoms with Crippen molar-refractivity contribution in [1.29, 1.82) is 0 Å². The molecule has 6 nitrogen and oxygen atoms in total. The predicted molar refractivity (Wildman–Crippen MR) is 137 cm³/mol. The third kappa shape index (κ3) is 6.50. The Kier molecular flexibility index (Phi) is 8.55. The van der Waals surface area contributed by atoms with Crippen molar-refractivity contribution in [2.24, 2.45) is 0 Å². The highest BCUT2D eigenvalue weighted by atomic mass is 32.1. The minimum atomic E-state index is -0.744. The summed E-state index contributed by atoms with van der Waals surface area (Å²) in [5.74, 6) is 0.489. The molecule has 0 spiro atoms. The first-order valence-electron chi connectivity index (χ1n) is 11.9. The Labute approximate surface area is 210 Å². The summed E-state index contributed by atoms with van der Waals surface area (Å²) in [6.45, 7) is 3.42. The molecule has 1 aliphatic rings. The Morgan fingerprint density at radius 2 is 1.94 bits per heavy atom. The van der Waals surface area contributed by atoms with Gasteiger partial charge in [0, 0.05) is 24.6 Å². The molecule has 3 aromatic rings. The van der Waals surface area contributed by atoms with E-state index in [1.165, 1.54) is 0 Å². The van der Waals surface area contributed by atoms with E-state index in [1.807, 2.05) is 73.0 Å². The standard InChI is InChI=1S/C28H32N2O4S/c1-20-7-3-4-10-25(20)27(28(32)29-18-21-11-13-22(33-2)14-12-21)30(19-23-8-5-15-34-23)26(31)17-24-9-6-16-35-24/h3-4,6-7,9-14,16,23,27H,5,8,15,17-19H2,1-2H3,(H,29,32). The molecule has 7 heteroatoms. The molecule has 0 aliphatic carbocycles. The number of aryl methyl sites for hydroxylation is 1. The molecule has 0 bridgehead atoms. The van der Waals surface area contributed by atoms with Crippen molar-refractivity contribution < 1.29 is 19.1 Å². The molecule has 0 saturated carbocycles. The summed E-state index contributed by atoms with van der Waals surface area (Å²) in [6, 6.07) is 18.5. The Bertz CT molecular complexity index is 1110. The number of benzene rings is 2. The summed E-state index contributed by atoms with van der Waals surface area (Å²) < 4.78 is 11.1. The molecule has 2 amide bonds. The molecule has 2 aromatic carbocycles. The fourth-order valence-electron chi connectivity index (χ4n) is 4.40. The minimum Gasteiger partial charge on any atom is -0.497 e.